The lowest BCUT2D eigenvalue weighted by Gasteiger charge is -2.23. The van der Waals surface area contributed by atoms with Gasteiger partial charge in [-0.25, -0.2) is 18.4 Å². The average Bonchev–Trinajstić information content (AvgIpc) is 2.84. The number of hydrogen-bond acceptors (Lipinski definition) is 6. The van der Waals surface area contributed by atoms with Crippen LogP contribution in [-0.2, 0) is 9.84 Å². The van der Waals surface area contributed by atoms with Gasteiger partial charge in [-0.05, 0) is 18.4 Å². The fourth-order valence-electron chi connectivity index (χ4n) is 2.28. The predicted octanol–water partition coefficient (Wildman–Crippen LogP) is 0.486. The Morgan fingerprint density at radius 1 is 1.50 bits per heavy atom. The number of anilines is 1. The Labute approximate surface area is 131 Å². The van der Waals surface area contributed by atoms with Crippen molar-refractivity contribution in [2.24, 2.45) is 5.92 Å². The van der Waals surface area contributed by atoms with Crippen molar-refractivity contribution in [1.29, 1.82) is 0 Å². The highest BCUT2D eigenvalue weighted by Gasteiger charge is 2.31. The number of hydrogen-bond donors (Lipinski definition) is 1. The maximum absolute atomic E-state index is 12.0. The van der Waals surface area contributed by atoms with Gasteiger partial charge in [0.1, 0.15) is 5.69 Å². The zero-order chi connectivity index (χ0) is 16.3. The monoisotopic (exact) mass is 326 g/mol. The molecular weight excluding hydrogens is 304 g/mol. The molecule has 1 saturated heterocycles. The van der Waals surface area contributed by atoms with Crippen molar-refractivity contribution >= 4 is 21.7 Å². The van der Waals surface area contributed by atoms with Gasteiger partial charge in [-0.3, -0.25) is 4.79 Å². The van der Waals surface area contributed by atoms with Crippen LogP contribution in [0.5, 0.6) is 0 Å². The summed E-state index contributed by atoms with van der Waals surface area (Å²) in [5.74, 6) is 0.786. The van der Waals surface area contributed by atoms with Crippen molar-refractivity contribution < 1.29 is 13.2 Å². The number of amides is 1. The lowest BCUT2D eigenvalue weighted by molar-refractivity contribution is 0.0944. The van der Waals surface area contributed by atoms with Crippen LogP contribution in [0.15, 0.2) is 12.3 Å². The van der Waals surface area contributed by atoms with E-state index in [0.717, 1.165) is 0 Å². The smallest absolute Gasteiger partial charge is 0.270 e. The van der Waals surface area contributed by atoms with Gasteiger partial charge in [-0.1, -0.05) is 13.8 Å². The van der Waals surface area contributed by atoms with Crippen molar-refractivity contribution in [1.82, 2.24) is 15.3 Å². The second kappa shape index (κ2) is 6.60. The molecule has 0 aromatic carbocycles. The lowest BCUT2D eigenvalue weighted by atomic mass is 10.2. The maximum Gasteiger partial charge on any atom is 0.270 e. The molecule has 0 saturated carbocycles. The van der Waals surface area contributed by atoms with Gasteiger partial charge in [0.2, 0.25) is 5.95 Å². The van der Waals surface area contributed by atoms with Gasteiger partial charge in [0.25, 0.3) is 5.91 Å². The Morgan fingerprint density at radius 3 is 2.82 bits per heavy atom. The first kappa shape index (κ1) is 16.7. The average molecular weight is 326 g/mol. The molecule has 1 aliphatic rings. The van der Waals surface area contributed by atoms with E-state index < -0.39 is 9.84 Å². The van der Waals surface area contributed by atoms with Crippen LogP contribution in [0, 0.1) is 5.92 Å². The summed E-state index contributed by atoms with van der Waals surface area (Å²) in [6.45, 7) is 4.61. The molecule has 122 valence electrons. The Kier molecular flexibility index (Phi) is 5.00. The van der Waals surface area contributed by atoms with Crippen LogP contribution >= 0.6 is 0 Å². The third-order valence-corrected chi connectivity index (χ3v) is 5.37. The number of sulfone groups is 1. The predicted molar refractivity (Wildman–Crippen MR) is 84.7 cm³/mol. The number of carbonyl (C=O) groups excluding carboxylic acids is 1. The maximum atomic E-state index is 12.0. The SMILES string of the molecule is CC(C)CNC(=O)c1ccnc(N(C)C2CCS(=O)(=O)C2)n1. The molecule has 0 radical (unpaired) electrons. The van der Waals surface area contributed by atoms with Crippen molar-refractivity contribution in [3.05, 3.63) is 18.0 Å². The minimum absolute atomic E-state index is 0.108. The van der Waals surface area contributed by atoms with Crippen LogP contribution < -0.4 is 10.2 Å². The van der Waals surface area contributed by atoms with Crippen LogP contribution in [0.4, 0.5) is 5.95 Å². The van der Waals surface area contributed by atoms with Gasteiger partial charge < -0.3 is 10.2 Å². The van der Waals surface area contributed by atoms with Crippen molar-refractivity contribution in [2.45, 2.75) is 26.3 Å². The highest BCUT2D eigenvalue weighted by molar-refractivity contribution is 7.91. The van der Waals surface area contributed by atoms with Crippen molar-refractivity contribution in [2.75, 3.05) is 30.0 Å². The van der Waals surface area contributed by atoms with Gasteiger partial charge in [-0.2, -0.15) is 0 Å². The largest absolute Gasteiger partial charge is 0.350 e. The third-order valence-electron chi connectivity index (χ3n) is 3.62. The van der Waals surface area contributed by atoms with E-state index >= 15 is 0 Å². The van der Waals surface area contributed by atoms with E-state index in [1.54, 1.807) is 18.0 Å². The van der Waals surface area contributed by atoms with Crippen LogP contribution in [-0.4, -0.2) is 55.4 Å². The van der Waals surface area contributed by atoms with Gasteiger partial charge in [-0.15, -0.1) is 0 Å². The molecule has 22 heavy (non-hydrogen) atoms. The molecule has 0 spiro atoms. The molecule has 0 aliphatic carbocycles. The first-order chi connectivity index (χ1) is 10.3. The van der Waals surface area contributed by atoms with E-state index in [2.05, 4.69) is 15.3 Å². The minimum Gasteiger partial charge on any atom is -0.350 e. The number of aromatic nitrogens is 2. The quantitative estimate of drug-likeness (QED) is 0.846. The first-order valence-corrected chi connectivity index (χ1v) is 9.15. The molecule has 1 atom stereocenters. The van der Waals surface area contributed by atoms with E-state index in [0.29, 0.717) is 30.5 Å². The van der Waals surface area contributed by atoms with Crippen LogP contribution in [0.25, 0.3) is 0 Å². The highest BCUT2D eigenvalue weighted by atomic mass is 32.2. The molecule has 1 aromatic rings. The fraction of sp³-hybridized carbons (Fsp3) is 0.643. The van der Waals surface area contributed by atoms with Gasteiger partial charge >= 0.3 is 0 Å². The normalized spacial score (nSPS) is 20.1. The first-order valence-electron chi connectivity index (χ1n) is 7.33. The molecule has 1 aliphatic heterocycles. The molecule has 0 bridgehead atoms. The van der Waals surface area contributed by atoms with E-state index in [1.165, 1.54) is 6.20 Å². The summed E-state index contributed by atoms with van der Waals surface area (Å²) in [4.78, 5) is 22.2. The molecule has 1 N–H and O–H groups in total. The number of rotatable bonds is 5. The van der Waals surface area contributed by atoms with E-state index in [9.17, 15) is 13.2 Å². The molecule has 1 unspecified atom stereocenters. The lowest BCUT2D eigenvalue weighted by Crippen LogP contribution is -2.35. The van der Waals surface area contributed by atoms with Crippen LogP contribution in [0.1, 0.15) is 30.8 Å². The fourth-order valence-corrected chi connectivity index (χ4v) is 4.05. The second-order valence-corrected chi connectivity index (χ2v) is 8.24. The summed E-state index contributed by atoms with van der Waals surface area (Å²) in [6, 6.07) is 1.41. The van der Waals surface area contributed by atoms with E-state index in [1.807, 2.05) is 13.8 Å². The summed E-state index contributed by atoms with van der Waals surface area (Å²) in [5, 5.41) is 2.80. The Morgan fingerprint density at radius 2 is 2.23 bits per heavy atom. The molecule has 2 heterocycles. The Bertz CT molecular complexity index is 645. The molecule has 7 nitrogen and oxygen atoms in total. The molecule has 1 fully saturated rings. The summed E-state index contributed by atoms with van der Waals surface area (Å²) < 4.78 is 23.1. The van der Waals surface area contributed by atoms with Crippen LogP contribution in [0.3, 0.4) is 0 Å². The topological polar surface area (TPSA) is 92.3 Å². The van der Waals surface area contributed by atoms with Gasteiger partial charge in [0.15, 0.2) is 9.84 Å². The summed E-state index contributed by atoms with van der Waals surface area (Å²) in [6.07, 6.45) is 2.08. The molecule has 2 rings (SSSR count). The zero-order valence-corrected chi connectivity index (χ0v) is 13.9. The summed E-state index contributed by atoms with van der Waals surface area (Å²) in [7, 11) is -1.21. The summed E-state index contributed by atoms with van der Waals surface area (Å²) >= 11 is 0. The standard InChI is InChI=1S/C14H22N4O3S/c1-10(2)8-16-13(19)12-4-6-15-14(17-12)18(3)11-5-7-22(20,21)9-11/h4,6,10-11H,5,7-9H2,1-3H3,(H,16,19). The third kappa shape index (κ3) is 4.16. The minimum atomic E-state index is -2.97. The van der Waals surface area contributed by atoms with Gasteiger partial charge in [0.05, 0.1) is 11.5 Å². The van der Waals surface area contributed by atoms with Gasteiger partial charge in [0, 0.05) is 25.8 Å². The zero-order valence-electron chi connectivity index (χ0n) is 13.1. The Hall–Kier alpha value is -1.70. The highest BCUT2D eigenvalue weighted by Crippen LogP contribution is 2.20. The molecule has 8 heteroatoms. The number of carbonyl (C=O) groups is 1. The van der Waals surface area contributed by atoms with E-state index in [-0.39, 0.29) is 23.5 Å². The Balaban J connectivity index is 2.09. The summed E-state index contributed by atoms with van der Waals surface area (Å²) in [5.41, 5.74) is 0.290. The molecule has 1 aromatic heterocycles. The van der Waals surface area contributed by atoms with E-state index in [4.69, 9.17) is 0 Å². The number of nitrogens with zero attached hydrogens (tertiary/aromatic N) is 3. The van der Waals surface area contributed by atoms with Crippen LogP contribution in [0.2, 0.25) is 0 Å². The van der Waals surface area contributed by atoms with Crippen molar-refractivity contribution in [3.63, 3.8) is 0 Å². The molecule has 1 amide bonds. The van der Waals surface area contributed by atoms with Crippen molar-refractivity contribution in [3.8, 4) is 0 Å². The number of nitrogens with one attached hydrogen (secondary N) is 1. The second-order valence-electron chi connectivity index (χ2n) is 6.01. The molecular formula is C14H22N4O3S.